The Morgan fingerprint density at radius 1 is 1.15 bits per heavy atom. The van der Waals surface area contributed by atoms with E-state index in [-0.39, 0.29) is 17.9 Å². The second-order valence-corrected chi connectivity index (χ2v) is 6.84. The monoisotopic (exact) mass is 370 g/mol. The minimum atomic E-state index is 0.0265. The summed E-state index contributed by atoms with van der Waals surface area (Å²) in [5.74, 6) is 2.51. The van der Waals surface area contributed by atoms with E-state index in [2.05, 4.69) is 5.32 Å². The van der Waals surface area contributed by atoms with Crippen molar-refractivity contribution in [1.29, 1.82) is 0 Å². The molecule has 6 heteroatoms. The van der Waals surface area contributed by atoms with Crippen molar-refractivity contribution in [3.05, 3.63) is 42.2 Å². The SMILES string of the molecule is COc1ccc(-c2ccc(CCC(=O)NC3CCN(C(C)=O)CC3)o2)cc1. The first-order valence-corrected chi connectivity index (χ1v) is 9.33. The number of rotatable bonds is 6. The Kier molecular flexibility index (Phi) is 6.16. The van der Waals surface area contributed by atoms with Gasteiger partial charge in [0, 0.05) is 44.5 Å². The number of benzene rings is 1. The van der Waals surface area contributed by atoms with E-state index < -0.39 is 0 Å². The number of likely N-dealkylation sites (tertiary alicyclic amines) is 1. The van der Waals surface area contributed by atoms with Crippen molar-refractivity contribution in [3.63, 3.8) is 0 Å². The summed E-state index contributed by atoms with van der Waals surface area (Å²) in [6, 6.07) is 11.7. The summed E-state index contributed by atoms with van der Waals surface area (Å²) in [7, 11) is 1.64. The first-order valence-electron chi connectivity index (χ1n) is 9.33. The molecule has 1 N–H and O–H groups in total. The third-order valence-electron chi connectivity index (χ3n) is 4.94. The molecule has 0 unspecified atom stereocenters. The van der Waals surface area contributed by atoms with Gasteiger partial charge in [0.15, 0.2) is 0 Å². The first kappa shape index (κ1) is 19.0. The number of furan rings is 1. The Bertz CT molecular complexity index is 774. The summed E-state index contributed by atoms with van der Waals surface area (Å²) in [5.41, 5.74) is 0.976. The van der Waals surface area contributed by atoms with Gasteiger partial charge in [0.2, 0.25) is 11.8 Å². The van der Waals surface area contributed by atoms with Crippen LogP contribution in [0.15, 0.2) is 40.8 Å². The summed E-state index contributed by atoms with van der Waals surface area (Å²) in [4.78, 5) is 25.4. The molecule has 2 amide bonds. The predicted molar refractivity (Wildman–Crippen MR) is 102 cm³/mol. The van der Waals surface area contributed by atoms with Gasteiger partial charge >= 0.3 is 0 Å². The van der Waals surface area contributed by atoms with Crippen LogP contribution in [0.5, 0.6) is 5.75 Å². The van der Waals surface area contributed by atoms with Crippen LogP contribution >= 0.6 is 0 Å². The van der Waals surface area contributed by atoms with Gasteiger partial charge < -0.3 is 19.4 Å². The number of nitrogens with one attached hydrogen (secondary N) is 1. The van der Waals surface area contributed by atoms with Crippen LogP contribution in [0.25, 0.3) is 11.3 Å². The minimum absolute atomic E-state index is 0.0265. The fourth-order valence-corrected chi connectivity index (χ4v) is 3.30. The van der Waals surface area contributed by atoms with E-state index in [1.165, 1.54) is 0 Å². The molecule has 3 rings (SSSR count). The molecule has 0 bridgehead atoms. The molecule has 1 aromatic heterocycles. The number of hydrogen-bond donors (Lipinski definition) is 1. The second-order valence-electron chi connectivity index (χ2n) is 6.84. The predicted octanol–water partition coefficient (Wildman–Crippen LogP) is 3.01. The van der Waals surface area contributed by atoms with Gasteiger partial charge in [0.05, 0.1) is 7.11 Å². The lowest BCUT2D eigenvalue weighted by molar-refractivity contribution is -0.130. The molecular weight excluding hydrogens is 344 g/mol. The second kappa shape index (κ2) is 8.75. The number of piperidine rings is 1. The summed E-state index contributed by atoms with van der Waals surface area (Å²) in [6.45, 7) is 3.01. The van der Waals surface area contributed by atoms with Gasteiger partial charge in [-0.2, -0.15) is 0 Å². The zero-order valence-electron chi connectivity index (χ0n) is 15.9. The van der Waals surface area contributed by atoms with Crippen LogP contribution in [0.3, 0.4) is 0 Å². The molecule has 6 nitrogen and oxygen atoms in total. The molecule has 1 saturated heterocycles. The van der Waals surface area contributed by atoms with E-state index in [1.807, 2.05) is 41.3 Å². The number of amides is 2. The zero-order chi connectivity index (χ0) is 19.2. The van der Waals surface area contributed by atoms with E-state index in [9.17, 15) is 9.59 Å². The molecular formula is C21H26N2O4. The Hall–Kier alpha value is -2.76. The number of ether oxygens (including phenoxy) is 1. The average molecular weight is 370 g/mol. The molecule has 27 heavy (non-hydrogen) atoms. The lowest BCUT2D eigenvalue weighted by Gasteiger charge is -2.31. The van der Waals surface area contributed by atoms with Crippen molar-refractivity contribution in [3.8, 4) is 17.1 Å². The van der Waals surface area contributed by atoms with Crippen LogP contribution in [0.1, 0.15) is 31.9 Å². The van der Waals surface area contributed by atoms with E-state index in [4.69, 9.17) is 9.15 Å². The van der Waals surface area contributed by atoms with E-state index in [1.54, 1.807) is 14.0 Å². The first-order chi connectivity index (χ1) is 13.0. The normalized spacial score (nSPS) is 14.8. The number of nitrogens with zero attached hydrogens (tertiary/aromatic N) is 1. The van der Waals surface area contributed by atoms with Crippen molar-refractivity contribution >= 4 is 11.8 Å². The third-order valence-corrected chi connectivity index (χ3v) is 4.94. The number of methoxy groups -OCH3 is 1. The largest absolute Gasteiger partial charge is 0.497 e. The van der Waals surface area contributed by atoms with Crippen LogP contribution in [-0.4, -0.2) is 43.0 Å². The maximum absolute atomic E-state index is 12.2. The van der Waals surface area contributed by atoms with E-state index in [0.29, 0.717) is 25.9 Å². The summed E-state index contributed by atoms with van der Waals surface area (Å²) >= 11 is 0. The third kappa shape index (κ3) is 5.12. The van der Waals surface area contributed by atoms with Crippen LogP contribution in [0, 0.1) is 0 Å². The highest BCUT2D eigenvalue weighted by molar-refractivity contribution is 5.76. The van der Waals surface area contributed by atoms with Crippen LogP contribution in [0.4, 0.5) is 0 Å². The van der Waals surface area contributed by atoms with E-state index >= 15 is 0 Å². The van der Waals surface area contributed by atoms with Crippen LogP contribution in [-0.2, 0) is 16.0 Å². The maximum atomic E-state index is 12.2. The summed E-state index contributed by atoms with van der Waals surface area (Å²) < 4.78 is 11.0. The van der Waals surface area contributed by atoms with Gasteiger partial charge in [-0.05, 0) is 49.2 Å². The van der Waals surface area contributed by atoms with Gasteiger partial charge in [-0.3, -0.25) is 9.59 Å². The quantitative estimate of drug-likeness (QED) is 0.848. The molecule has 1 fully saturated rings. The number of carbonyl (C=O) groups is 2. The molecule has 0 saturated carbocycles. The molecule has 0 radical (unpaired) electrons. The number of aryl methyl sites for hydroxylation is 1. The number of carbonyl (C=O) groups excluding carboxylic acids is 2. The molecule has 0 aliphatic carbocycles. The highest BCUT2D eigenvalue weighted by Gasteiger charge is 2.21. The van der Waals surface area contributed by atoms with Crippen molar-refractivity contribution < 1.29 is 18.7 Å². The van der Waals surface area contributed by atoms with Crippen LogP contribution < -0.4 is 10.1 Å². The Morgan fingerprint density at radius 2 is 1.85 bits per heavy atom. The lowest BCUT2D eigenvalue weighted by Crippen LogP contribution is -2.46. The Morgan fingerprint density at radius 3 is 2.48 bits per heavy atom. The van der Waals surface area contributed by atoms with Crippen molar-refractivity contribution in [2.75, 3.05) is 20.2 Å². The zero-order valence-corrected chi connectivity index (χ0v) is 15.9. The van der Waals surface area contributed by atoms with Gasteiger partial charge in [0.1, 0.15) is 17.3 Å². The smallest absolute Gasteiger partial charge is 0.220 e. The molecule has 0 atom stereocenters. The molecule has 2 heterocycles. The van der Waals surface area contributed by atoms with Gasteiger partial charge in [-0.25, -0.2) is 0 Å². The molecule has 1 aliphatic rings. The maximum Gasteiger partial charge on any atom is 0.220 e. The van der Waals surface area contributed by atoms with Gasteiger partial charge in [-0.1, -0.05) is 0 Å². The summed E-state index contributed by atoms with van der Waals surface area (Å²) in [5, 5.41) is 3.07. The van der Waals surface area contributed by atoms with Crippen LogP contribution in [0.2, 0.25) is 0 Å². The van der Waals surface area contributed by atoms with Crippen molar-refractivity contribution in [1.82, 2.24) is 10.2 Å². The molecule has 0 spiro atoms. The van der Waals surface area contributed by atoms with Crippen molar-refractivity contribution in [2.45, 2.75) is 38.6 Å². The molecule has 144 valence electrons. The average Bonchev–Trinajstić information content (AvgIpc) is 3.16. The standard InChI is InChI=1S/C21H26N2O4/c1-15(24)23-13-11-17(12-14-23)22-21(25)10-8-19-7-9-20(27-19)16-3-5-18(26-2)6-4-16/h3-7,9,17H,8,10-14H2,1-2H3,(H,22,25). The Labute approximate surface area is 159 Å². The lowest BCUT2D eigenvalue weighted by atomic mass is 10.0. The minimum Gasteiger partial charge on any atom is -0.497 e. The fourth-order valence-electron chi connectivity index (χ4n) is 3.30. The molecule has 1 aromatic carbocycles. The topological polar surface area (TPSA) is 71.8 Å². The fraction of sp³-hybridized carbons (Fsp3) is 0.429. The van der Waals surface area contributed by atoms with E-state index in [0.717, 1.165) is 35.7 Å². The molecule has 2 aromatic rings. The van der Waals surface area contributed by atoms with Crippen molar-refractivity contribution in [2.24, 2.45) is 0 Å². The Balaban J connectivity index is 1.45. The highest BCUT2D eigenvalue weighted by Crippen LogP contribution is 2.25. The van der Waals surface area contributed by atoms with Gasteiger partial charge in [-0.15, -0.1) is 0 Å². The highest BCUT2D eigenvalue weighted by atomic mass is 16.5. The summed E-state index contributed by atoms with van der Waals surface area (Å²) in [6.07, 6.45) is 2.58. The van der Waals surface area contributed by atoms with Gasteiger partial charge in [0.25, 0.3) is 0 Å². The number of hydrogen-bond acceptors (Lipinski definition) is 4. The molecule has 1 aliphatic heterocycles.